The molecule has 2 aromatic rings. The number of hydrogen-bond donors (Lipinski definition) is 1. The summed E-state index contributed by atoms with van der Waals surface area (Å²) < 4.78 is 5.46. The first-order valence-electron chi connectivity index (χ1n) is 6.51. The van der Waals surface area contributed by atoms with E-state index in [2.05, 4.69) is 32.9 Å². The quantitative estimate of drug-likeness (QED) is 0.876. The molecule has 0 amide bonds. The van der Waals surface area contributed by atoms with Crippen LogP contribution >= 0.6 is 0 Å². The Morgan fingerprint density at radius 3 is 2.21 bits per heavy atom. The van der Waals surface area contributed by atoms with Crippen LogP contribution in [0.15, 0.2) is 36.4 Å². The van der Waals surface area contributed by atoms with Gasteiger partial charge in [0.15, 0.2) is 0 Å². The molecule has 0 aliphatic heterocycles. The van der Waals surface area contributed by atoms with Crippen LogP contribution in [-0.2, 0) is 0 Å². The highest BCUT2D eigenvalue weighted by molar-refractivity contribution is 5.70. The van der Waals surface area contributed by atoms with Crippen molar-refractivity contribution in [2.45, 2.75) is 26.7 Å². The highest BCUT2D eigenvalue weighted by Crippen LogP contribution is 2.34. The Balaban J connectivity index is 2.57. The SMILES string of the molecule is COc1cc(C)c(-c2ccc(O)cc2)cc1C(C)C. The zero-order valence-electron chi connectivity index (χ0n) is 11.9. The van der Waals surface area contributed by atoms with E-state index in [0.717, 1.165) is 11.3 Å². The van der Waals surface area contributed by atoms with Crippen LogP contribution in [0.1, 0.15) is 30.9 Å². The number of aromatic hydroxyl groups is 1. The zero-order valence-corrected chi connectivity index (χ0v) is 11.9. The molecule has 0 aliphatic carbocycles. The van der Waals surface area contributed by atoms with Crippen molar-refractivity contribution in [1.82, 2.24) is 0 Å². The van der Waals surface area contributed by atoms with Crippen molar-refractivity contribution in [3.8, 4) is 22.6 Å². The second-order valence-corrected chi connectivity index (χ2v) is 5.11. The first kappa shape index (κ1) is 13.5. The van der Waals surface area contributed by atoms with Gasteiger partial charge in [-0.1, -0.05) is 26.0 Å². The van der Waals surface area contributed by atoms with Crippen molar-refractivity contribution in [2.24, 2.45) is 0 Å². The Bertz CT molecular complexity index is 569. The van der Waals surface area contributed by atoms with Crippen LogP contribution in [0.2, 0.25) is 0 Å². The summed E-state index contributed by atoms with van der Waals surface area (Å²) in [6.45, 7) is 6.40. The Labute approximate surface area is 114 Å². The molecule has 0 fully saturated rings. The van der Waals surface area contributed by atoms with E-state index in [1.54, 1.807) is 19.2 Å². The summed E-state index contributed by atoms with van der Waals surface area (Å²) >= 11 is 0. The molecule has 1 N–H and O–H groups in total. The Morgan fingerprint density at radius 1 is 1.05 bits per heavy atom. The number of hydrogen-bond acceptors (Lipinski definition) is 2. The van der Waals surface area contributed by atoms with E-state index in [0.29, 0.717) is 11.7 Å². The van der Waals surface area contributed by atoms with Crippen molar-refractivity contribution >= 4 is 0 Å². The molecule has 2 rings (SSSR count). The van der Waals surface area contributed by atoms with Gasteiger partial charge in [-0.25, -0.2) is 0 Å². The van der Waals surface area contributed by atoms with E-state index >= 15 is 0 Å². The fourth-order valence-electron chi connectivity index (χ4n) is 2.28. The number of rotatable bonds is 3. The first-order valence-corrected chi connectivity index (χ1v) is 6.51. The third-order valence-electron chi connectivity index (χ3n) is 3.38. The average molecular weight is 256 g/mol. The number of ether oxygens (including phenoxy) is 1. The Hall–Kier alpha value is -1.96. The van der Waals surface area contributed by atoms with Gasteiger partial charge in [-0.2, -0.15) is 0 Å². The van der Waals surface area contributed by atoms with Gasteiger partial charge in [0.25, 0.3) is 0 Å². The van der Waals surface area contributed by atoms with Gasteiger partial charge in [-0.15, -0.1) is 0 Å². The van der Waals surface area contributed by atoms with Gasteiger partial charge in [0.1, 0.15) is 11.5 Å². The summed E-state index contributed by atoms with van der Waals surface area (Å²) in [5.41, 5.74) is 4.67. The molecule has 2 nitrogen and oxygen atoms in total. The molecule has 0 saturated heterocycles. The largest absolute Gasteiger partial charge is 0.508 e. The molecule has 0 aliphatic rings. The lowest BCUT2D eigenvalue weighted by molar-refractivity contribution is 0.407. The molecule has 19 heavy (non-hydrogen) atoms. The summed E-state index contributed by atoms with van der Waals surface area (Å²) in [7, 11) is 1.71. The third kappa shape index (κ3) is 2.73. The molecule has 0 saturated carbocycles. The van der Waals surface area contributed by atoms with Crippen LogP contribution < -0.4 is 4.74 Å². The fourth-order valence-corrected chi connectivity index (χ4v) is 2.28. The van der Waals surface area contributed by atoms with Gasteiger partial charge in [0.2, 0.25) is 0 Å². The van der Waals surface area contributed by atoms with E-state index in [1.807, 2.05) is 12.1 Å². The third-order valence-corrected chi connectivity index (χ3v) is 3.38. The lowest BCUT2D eigenvalue weighted by atomic mass is 9.93. The minimum Gasteiger partial charge on any atom is -0.508 e. The molecule has 0 atom stereocenters. The molecule has 2 aromatic carbocycles. The maximum Gasteiger partial charge on any atom is 0.122 e. The molecule has 0 unspecified atom stereocenters. The van der Waals surface area contributed by atoms with Gasteiger partial charge in [-0.05, 0) is 59.4 Å². The van der Waals surface area contributed by atoms with Crippen LogP contribution in [0.3, 0.4) is 0 Å². The lowest BCUT2D eigenvalue weighted by Gasteiger charge is -2.16. The van der Waals surface area contributed by atoms with Crippen LogP contribution in [0.5, 0.6) is 11.5 Å². The summed E-state index contributed by atoms with van der Waals surface area (Å²) in [6.07, 6.45) is 0. The number of aryl methyl sites for hydroxylation is 1. The van der Waals surface area contributed by atoms with Crippen molar-refractivity contribution in [3.63, 3.8) is 0 Å². The van der Waals surface area contributed by atoms with Crippen LogP contribution in [-0.4, -0.2) is 12.2 Å². The van der Waals surface area contributed by atoms with E-state index in [4.69, 9.17) is 4.74 Å². The highest BCUT2D eigenvalue weighted by Gasteiger charge is 2.12. The van der Waals surface area contributed by atoms with Crippen molar-refractivity contribution in [1.29, 1.82) is 0 Å². The molecular formula is C17H20O2. The van der Waals surface area contributed by atoms with Gasteiger partial charge >= 0.3 is 0 Å². The Kier molecular flexibility index (Phi) is 3.79. The minimum absolute atomic E-state index is 0.291. The van der Waals surface area contributed by atoms with E-state index in [9.17, 15) is 5.11 Å². The topological polar surface area (TPSA) is 29.5 Å². The predicted octanol–water partition coefficient (Wildman–Crippen LogP) is 4.50. The van der Waals surface area contributed by atoms with Gasteiger partial charge in [0.05, 0.1) is 7.11 Å². The standard InChI is InChI=1S/C17H20O2/c1-11(2)15-10-16(12(3)9-17(15)19-4)13-5-7-14(18)8-6-13/h5-11,18H,1-4H3. The lowest BCUT2D eigenvalue weighted by Crippen LogP contribution is -1.97. The smallest absolute Gasteiger partial charge is 0.122 e. The Morgan fingerprint density at radius 2 is 1.68 bits per heavy atom. The number of phenolic OH excluding ortho intramolecular Hbond substituents is 1. The van der Waals surface area contributed by atoms with E-state index in [-0.39, 0.29) is 0 Å². The number of methoxy groups -OCH3 is 1. The average Bonchev–Trinajstić information content (AvgIpc) is 2.39. The number of phenols is 1. The minimum atomic E-state index is 0.291. The summed E-state index contributed by atoms with van der Waals surface area (Å²) in [5, 5.41) is 9.38. The molecule has 0 bridgehead atoms. The molecule has 0 aromatic heterocycles. The molecule has 0 heterocycles. The van der Waals surface area contributed by atoms with Gasteiger partial charge < -0.3 is 9.84 Å². The first-order chi connectivity index (χ1) is 9.02. The second-order valence-electron chi connectivity index (χ2n) is 5.11. The second kappa shape index (κ2) is 5.35. The molecular weight excluding hydrogens is 236 g/mol. The number of benzene rings is 2. The van der Waals surface area contributed by atoms with Gasteiger partial charge in [0, 0.05) is 0 Å². The van der Waals surface area contributed by atoms with Crippen molar-refractivity contribution < 1.29 is 9.84 Å². The van der Waals surface area contributed by atoms with Crippen LogP contribution in [0.25, 0.3) is 11.1 Å². The van der Waals surface area contributed by atoms with Crippen molar-refractivity contribution in [2.75, 3.05) is 7.11 Å². The van der Waals surface area contributed by atoms with E-state index in [1.165, 1.54) is 16.7 Å². The maximum absolute atomic E-state index is 9.38. The van der Waals surface area contributed by atoms with Crippen LogP contribution in [0, 0.1) is 6.92 Å². The predicted molar refractivity (Wildman–Crippen MR) is 78.9 cm³/mol. The van der Waals surface area contributed by atoms with Gasteiger partial charge in [-0.3, -0.25) is 0 Å². The molecule has 2 heteroatoms. The molecule has 100 valence electrons. The monoisotopic (exact) mass is 256 g/mol. The normalized spacial score (nSPS) is 10.8. The molecule has 0 radical (unpaired) electrons. The summed E-state index contributed by atoms with van der Waals surface area (Å²) in [6, 6.07) is 11.6. The highest BCUT2D eigenvalue weighted by atomic mass is 16.5. The molecule has 0 spiro atoms. The van der Waals surface area contributed by atoms with Crippen LogP contribution in [0.4, 0.5) is 0 Å². The summed E-state index contributed by atoms with van der Waals surface area (Å²) in [5.74, 6) is 1.64. The summed E-state index contributed by atoms with van der Waals surface area (Å²) in [4.78, 5) is 0. The van der Waals surface area contributed by atoms with Crippen molar-refractivity contribution in [3.05, 3.63) is 47.5 Å². The van der Waals surface area contributed by atoms with E-state index < -0.39 is 0 Å². The zero-order chi connectivity index (χ0) is 14.0. The maximum atomic E-state index is 9.38. The fraction of sp³-hybridized carbons (Fsp3) is 0.294.